The molecule has 0 bridgehead atoms. The van der Waals surface area contributed by atoms with Crippen LogP contribution in [-0.2, 0) is 0 Å². The summed E-state index contributed by atoms with van der Waals surface area (Å²) in [5.74, 6) is 0.0463. The molecule has 24 heavy (non-hydrogen) atoms. The summed E-state index contributed by atoms with van der Waals surface area (Å²) in [7, 11) is 0. The van der Waals surface area contributed by atoms with Crippen molar-refractivity contribution < 1.29 is 4.79 Å². The van der Waals surface area contributed by atoms with Crippen LogP contribution in [0.4, 0.5) is 0 Å². The van der Waals surface area contributed by atoms with Crippen LogP contribution in [0, 0.1) is 6.92 Å². The Bertz CT molecular complexity index is 834. The van der Waals surface area contributed by atoms with Crippen LogP contribution in [-0.4, -0.2) is 5.78 Å². The summed E-state index contributed by atoms with van der Waals surface area (Å²) in [6.07, 6.45) is 1.96. The Morgan fingerprint density at radius 3 is 2.00 bits per heavy atom. The van der Waals surface area contributed by atoms with Gasteiger partial charge in [-0.2, -0.15) is 0 Å². The summed E-state index contributed by atoms with van der Waals surface area (Å²) in [5.41, 5.74) is 2.95. The number of allylic oxidation sites excluding steroid dienone is 1. The topological polar surface area (TPSA) is 17.1 Å². The molecule has 0 aromatic heterocycles. The molecule has 0 saturated carbocycles. The van der Waals surface area contributed by atoms with Gasteiger partial charge in [0.25, 0.3) is 0 Å². The first-order valence-corrected chi connectivity index (χ1v) is 8.65. The maximum Gasteiger partial charge on any atom is 0.199 e. The van der Waals surface area contributed by atoms with E-state index in [4.69, 9.17) is 0 Å². The predicted molar refractivity (Wildman–Crippen MR) is 102 cm³/mol. The van der Waals surface area contributed by atoms with Gasteiger partial charge < -0.3 is 0 Å². The van der Waals surface area contributed by atoms with Gasteiger partial charge in [-0.1, -0.05) is 90.1 Å². The third-order valence-corrected chi connectivity index (χ3v) is 4.64. The second kappa shape index (κ2) is 7.80. The highest BCUT2D eigenvalue weighted by Gasteiger charge is 2.13. The highest BCUT2D eigenvalue weighted by atomic mass is 32.2. The summed E-state index contributed by atoms with van der Waals surface area (Å²) in [6.45, 7) is 2.06. The normalized spacial score (nSPS) is 11.3. The lowest BCUT2D eigenvalue weighted by atomic mass is 10.1. The maximum atomic E-state index is 12.9. The number of ketones is 1. The number of thioether (sulfide) groups is 1. The average Bonchev–Trinajstić information content (AvgIpc) is 2.64. The first kappa shape index (κ1) is 16.3. The van der Waals surface area contributed by atoms with Crippen molar-refractivity contribution in [1.29, 1.82) is 0 Å². The molecule has 0 atom stereocenters. The molecule has 118 valence electrons. The largest absolute Gasteiger partial charge is 0.288 e. The van der Waals surface area contributed by atoms with Gasteiger partial charge in [0.2, 0.25) is 0 Å². The Balaban J connectivity index is 1.97. The van der Waals surface area contributed by atoms with E-state index in [1.165, 1.54) is 17.3 Å². The molecule has 0 aliphatic carbocycles. The first-order chi connectivity index (χ1) is 11.7. The molecule has 0 unspecified atom stereocenters. The molecule has 1 nitrogen and oxygen atoms in total. The van der Waals surface area contributed by atoms with Crippen LogP contribution in [0.1, 0.15) is 21.5 Å². The fraction of sp³-hybridized carbons (Fsp3) is 0.0455. The Kier molecular flexibility index (Phi) is 5.29. The van der Waals surface area contributed by atoms with Crippen LogP contribution in [0.25, 0.3) is 6.08 Å². The van der Waals surface area contributed by atoms with E-state index in [2.05, 4.69) is 19.1 Å². The Morgan fingerprint density at radius 2 is 1.38 bits per heavy atom. The molecule has 0 aliphatic rings. The van der Waals surface area contributed by atoms with Crippen molar-refractivity contribution in [3.8, 4) is 0 Å². The number of carbonyl (C=O) groups excluding carboxylic acids is 1. The molecule has 3 aromatic carbocycles. The minimum absolute atomic E-state index is 0.0463. The molecule has 0 fully saturated rings. The van der Waals surface area contributed by atoms with Crippen molar-refractivity contribution in [1.82, 2.24) is 0 Å². The Hall–Kier alpha value is -2.58. The van der Waals surface area contributed by atoms with Gasteiger partial charge in [-0.15, -0.1) is 0 Å². The first-order valence-electron chi connectivity index (χ1n) is 7.83. The SMILES string of the molecule is Cc1ccc(/C=C(\Sc2ccccc2)C(=O)c2ccccc2)cc1. The van der Waals surface area contributed by atoms with E-state index < -0.39 is 0 Å². The number of rotatable bonds is 5. The second-order valence-corrected chi connectivity index (χ2v) is 6.64. The molecule has 0 aliphatic heterocycles. The van der Waals surface area contributed by atoms with Crippen molar-refractivity contribution in [3.63, 3.8) is 0 Å². The zero-order valence-electron chi connectivity index (χ0n) is 13.5. The zero-order chi connectivity index (χ0) is 16.8. The molecular formula is C22H18OS. The van der Waals surface area contributed by atoms with E-state index in [0.29, 0.717) is 5.56 Å². The Labute approximate surface area is 147 Å². The molecular weight excluding hydrogens is 312 g/mol. The van der Waals surface area contributed by atoms with Crippen molar-refractivity contribution in [2.75, 3.05) is 0 Å². The van der Waals surface area contributed by atoms with Crippen molar-refractivity contribution in [3.05, 3.63) is 107 Å². The molecule has 0 N–H and O–H groups in total. The van der Waals surface area contributed by atoms with E-state index in [1.807, 2.05) is 78.9 Å². The number of benzene rings is 3. The van der Waals surface area contributed by atoms with Crippen molar-refractivity contribution in [2.45, 2.75) is 11.8 Å². The van der Waals surface area contributed by atoms with Gasteiger partial charge in [-0.25, -0.2) is 0 Å². The second-order valence-electron chi connectivity index (χ2n) is 5.53. The quantitative estimate of drug-likeness (QED) is 0.324. The lowest BCUT2D eigenvalue weighted by Crippen LogP contribution is -2.00. The summed E-state index contributed by atoms with van der Waals surface area (Å²) >= 11 is 1.50. The molecule has 0 amide bonds. The molecule has 3 rings (SSSR count). The average molecular weight is 330 g/mol. The number of hydrogen-bond acceptors (Lipinski definition) is 2. The van der Waals surface area contributed by atoms with Gasteiger partial charge in [0.05, 0.1) is 4.91 Å². The standard InChI is InChI=1S/C22H18OS/c1-17-12-14-18(15-13-17)16-21(24-20-10-6-3-7-11-20)22(23)19-8-4-2-5-9-19/h2-16H,1H3/b21-16-. The van der Waals surface area contributed by atoms with Crippen LogP contribution < -0.4 is 0 Å². The van der Waals surface area contributed by atoms with Crippen LogP contribution in [0.3, 0.4) is 0 Å². The highest BCUT2D eigenvalue weighted by Crippen LogP contribution is 2.30. The fourth-order valence-corrected chi connectivity index (χ4v) is 3.26. The maximum absolute atomic E-state index is 12.9. The van der Waals surface area contributed by atoms with Gasteiger partial charge in [0, 0.05) is 10.5 Å². The molecule has 0 saturated heterocycles. The van der Waals surface area contributed by atoms with E-state index in [-0.39, 0.29) is 5.78 Å². The van der Waals surface area contributed by atoms with Crippen LogP contribution >= 0.6 is 11.8 Å². The van der Waals surface area contributed by atoms with Crippen LogP contribution in [0.5, 0.6) is 0 Å². The summed E-state index contributed by atoms with van der Waals surface area (Å²) in [4.78, 5) is 14.7. The monoisotopic (exact) mass is 330 g/mol. The number of carbonyl (C=O) groups is 1. The molecule has 2 heteroatoms. The summed E-state index contributed by atoms with van der Waals surface area (Å²) in [5, 5.41) is 0. The van der Waals surface area contributed by atoms with E-state index in [9.17, 15) is 4.79 Å². The van der Waals surface area contributed by atoms with Gasteiger partial charge in [0.15, 0.2) is 5.78 Å². The minimum atomic E-state index is 0.0463. The third-order valence-electron chi connectivity index (χ3n) is 3.61. The van der Waals surface area contributed by atoms with Crippen LogP contribution in [0.2, 0.25) is 0 Å². The summed E-state index contributed by atoms with van der Waals surface area (Å²) in [6, 6.07) is 27.6. The molecule has 0 radical (unpaired) electrons. The zero-order valence-corrected chi connectivity index (χ0v) is 14.3. The summed E-state index contributed by atoms with van der Waals surface area (Å²) < 4.78 is 0. The number of aryl methyl sites for hydroxylation is 1. The highest BCUT2D eigenvalue weighted by molar-refractivity contribution is 8.04. The smallest absolute Gasteiger partial charge is 0.199 e. The van der Waals surface area contributed by atoms with Crippen molar-refractivity contribution in [2.24, 2.45) is 0 Å². The van der Waals surface area contributed by atoms with Gasteiger partial charge >= 0.3 is 0 Å². The number of hydrogen-bond donors (Lipinski definition) is 0. The van der Waals surface area contributed by atoms with E-state index >= 15 is 0 Å². The molecule has 0 spiro atoms. The Morgan fingerprint density at radius 1 is 0.792 bits per heavy atom. The predicted octanol–water partition coefficient (Wildman–Crippen LogP) is 6.01. The lowest BCUT2D eigenvalue weighted by molar-refractivity contribution is 0.104. The van der Waals surface area contributed by atoms with Crippen molar-refractivity contribution >= 4 is 23.6 Å². The fourth-order valence-electron chi connectivity index (χ4n) is 2.30. The number of Topliss-reactive ketones (excluding diaryl/α,β-unsaturated/α-hetero) is 1. The third kappa shape index (κ3) is 4.24. The van der Waals surface area contributed by atoms with Gasteiger partial charge in [-0.3, -0.25) is 4.79 Å². The van der Waals surface area contributed by atoms with Crippen LogP contribution in [0.15, 0.2) is 94.7 Å². The lowest BCUT2D eigenvalue weighted by Gasteiger charge is -2.07. The molecule has 3 aromatic rings. The van der Waals surface area contributed by atoms with E-state index in [1.54, 1.807) is 0 Å². The van der Waals surface area contributed by atoms with E-state index in [0.717, 1.165) is 15.4 Å². The van der Waals surface area contributed by atoms with Gasteiger partial charge in [0.1, 0.15) is 0 Å². The van der Waals surface area contributed by atoms with Gasteiger partial charge in [-0.05, 0) is 30.7 Å². The minimum Gasteiger partial charge on any atom is -0.288 e. The molecule has 0 heterocycles.